The number of carbonyl (C=O) groups is 2. The van der Waals surface area contributed by atoms with Crippen LogP contribution in [0.1, 0.15) is 12.8 Å². The molecule has 5 aliphatic rings. The second-order valence-electron chi connectivity index (χ2n) is 6.80. The minimum absolute atomic E-state index is 0.0431. The van der Waals surface area contributed by atoms with E-state index in [0.29, 0.717) is 35.2 Å². The monoisotopic (exact) mass is 240 g/mol. The van der Waals surface area contributed by atoms with Crippen LogP contribution in [0, 0.1) is 47.3 Å². The molecule has 0 amide bonds. The van der Waals surface area contributed by atoms with E-state index in [4.69, 9.17) is 0 Å². The molecule has 3 saturated carbocycles. The molecule has 2 nitrogen and oxygen atoms in total. The summed E-state index contributed by atoms with van der Waals surface area (Å²) >= 11 is 0. The fourth-order valence-corrected chi connectivity index (χ4v) is 5.64. The number of allylic oxidation sites excluding steroid dienone is 4. The van der Waals surface area contributed by atoms with Crippen molar-refractivity contribution in [2.45, 2.75) is 12.8 Å². The van der Waals surface area contributed by atoms with E-state index < -0.39 is 0 Å². The molecule has 0 unspecified atom stereocenters. The highest BCUT2D eigenvalue weighted by atomic mass is 16.1. The second kappa shape index (κ2) is 2.87. The summed E-state index contributed by atoms with van der Waals surface area (Å²) in [5, 5.41) is 0. The molecule has 8 atom stereocenters. The van der Waals surface area contributed by atoms with E-state index >= 15 is 0 Å². The number of fused-ring (bicyclic) bond motifs is 10. The predicted octanol–water partition coefficient (Wildman–Crippen LogP) is 2.01. The Bertz CT molecular complexity index is 441. The van der Waals surface area contributed by atoms with Gasteiger partial charge in [0.1, 0.15) is 11.6 Å². The van der Waals surface area contributed by atoms with Crippen LogP contribution in [-0.2, 0) is 9.59 Å². The Morgan fingerprint density at radius 3 is 1.17 bits per heavy atom. The summed E-state index contributed by atoms with van der Waals surface area (Å²) in [6.45, 7) is 0. The van der Waals surface area contributed by atoms with Gasteiger partial charge in [-0.3, -0.25) is 9.59 Å². The fourth-order valence-electron chi connectivity index (χ4n) is 5.64. The molecule has 4 bridgehead atoms. The van der Waals surface area contributed by atoms with Gasteiger partial charge in [0, 0.05) is 23.7 Å². The average molecular weight is 240 g/mol. The van der Waals surface area contributed by atoms with Crippen LogP contribution in [0.25, 0.3) is 0 Å². The molecule has 0 aliphatic heterocycles. The normalized spacial score (nSPS) is 58.4. The molecule has 5 aliphatic carbocycles. The molecule has 0 radical (unpaired) electrons. The third kappa shape index (κ3) is 0.877. The molecule has 0 spiro atoms. The SMILES string of the molecule is O=C1[C@@H]2[C@H](C(=O)[C@@H]3[C@H]1[C@@H]1C=C[C@@H]3C1)[C@@H]1C=C[C@@H]2C1. The minimum Gasteiger partial charge on any atom is -0.299 e. The van der Waals surface area contributed by atoms with Gasteiger partial charge in [-0.2, -0.15) is 0 Å². The summed E-state index contributed by atoms with van der Waals surface area (Å²) in [7, 11) is 0. The lowest BCUT2D eigenvalue weighted by molar-refractivity contribution is -0.148. The van der Waals surface area contributed by atoms with E-state index in [2.05, 4.69) is 24.3 Å². The number of ketones is 2. The van der Waals surface area contributed by atoms with Crippen molar-refractivity contribution in [2.24, 2.45) is 47.3 Å². The average Bonchev–Trinajstić information content (AvgIpc) is 3.10. The number of hydrogen-bond acceptors (Lipinski definition) is 2. The molecule has 5 rings (SSSR count). The molecular weight excluding hydrogens is 224 g/mol. The third-order valence-corrected chi connectivity index (χ3v) is 6.23. The van der Waals surface area contributed by atoms with Crippen LogP contribution >= 0.6 is 0 Å². The Morgan fingerprint density at radius 1 is 0.611 bits per heavy atom. The van der Waals surface area contributed by atoms with Crippen LogP contribution in [0.2, 0.25) is 0 Å². The van der Waals surface area contributed by atoms with E-state index in [0.717, 1.165) is 12.8 Å². The van der Waals surface area contributed by atoms with Gasteiger partial charge in [-0.1, -0.05) is 24.3 Å². The lowest BCUT2D eigenvalue weighted by Gasteiger charge is -2.40. The zero-order valence-corrected chi connectivity index (χ0v) is 10.2. The molecule has 92 valence electrons. The first-order valence-electron chi connectivity index (χ1n) is 7.20. The van der Waals surface area contributed by atoms with Gasteiger partial charge in [0.2, 0.25) is 0 Å². The fraction of sp³-hybridized carbons (Fsp3) is 0.625. The summed E-state index contributed by atoms with van der Waals surface area (Å²) in [5.41, 5.74) is 0. The van der Waals surface area contributed by atoms with Crippen molar-refractivity contribution in [3.8, 4) is 0 Å². The van der Waals surface area contributed by atoms with Gasteiger partial charge < -0.3 is 0 Å². The standard InChI is InChI=1S/C16H16O2/c17-15-11-7-1-2-8(5-7)12(11)16(18)14-10-4-3-9(6-10)13(14)15/h1-4,7-14H,5-6H2/t7-,8-,9-,10-,11-,12+,13+,14-/m1/s1. The summed E-state index contributed by atoms with van der Waals surface area (Å²) in [5.74, 6) is 2.53. The molecule has 18 heavy (non-hydrogen) atoms. The second-order valence-corrected chi connectivity index (χ2v) is 6.80. The summed E-state index contributed by atoms with van der Waals surface area (Å²) < 4.78 is 0. The smallest absolute Gasteiger partial charge is 0.141 e. The maximum Gasteiger partial charge on any atom is 0.141 e. The van der Waals surface area contributed by atoms with Gasteiger partial charge in [0.15, 0.2) is 0 Å². The van der Waals surface area contributed by atoms with E-state index in [1.807, 2.05) is 0 Å². The van der Waals surface area contributed by atoms with Crippen LogP contribution in [-0.4, -0.2) is 11.6 Å². The third-order valence-electron chi connectivity index (χ3n) is 6.23. The summed E-state index contributed by atoms with van der Waals surface area (Å²) in [4.78, 5) is 25.6. The van der Waals surface area contributed by atoms with Crippen LogP contribution in [0.5, 0.6) is 0 Å². The van der Waals surface area contributed by atoms with Crippen LogP contribution in [0.15, 0.2) is 24.3 Å². The number of rotatable bonds is 0. The minimum atomic E-state index is 0.0431. The first-order chi connectivity index (χ1) is 8.75. The van der Waals surface area contributed by atoms with E-state index in [1.54, 1.807) is 0 Å². The Labute approximate surface area is 106 Å². The zero-order valence-electron chi connectivity index (χ0n) is 10.2. The van der Waals surface area contributed by atoms with Gasteiger partial charge in [0.05, 0.1) is 0 Å². The lowest BCUT2D eigenvalue weighted by atomic mass is 9.60. The highest BCUT2D eigenvalue weighted by molar-refractivity contribution is 6.02. The number of Topliss-reactive ketones (excluding diaryl/α,β-unsaturated/α-hetero) is 2. The van der Waals surface area contributed by atoms with Crippen molar-refractivity contribution in [3.05, 3.63) is 24.3 Å². The van der Waals surface area contributed by atoms with Crippen LogP contribution in [0.4, 0.5) is 0 Å². The maximum atomic E-state index is 12.8. The Morgan fingerprint density at radius 2 is 0.889 bits per heavy atom. The topological polar surface area (TPSA) is 34.1 Å². The van der Waals surface area contributed by atoms with Crippen molar-refractivity contribution < 1.29 is 9.59 Å². The molecule has 0 aromatic heterocycles. The molecule has 0 heterocycles. The van der Waals surface area contributed by atoms with E-state index in [-0.39, 0.29) is 23.7 Å². The first-order valence-corrected chi connectivity index (χ1v) is 7.20. The molecule has 0 aromatic rings. The van der Waals surface area contributed by atoms with E-state index in [1.165, 1.54) is 0 Å². The molecule has 0 aromatic carbocycles. The highest BCUT2D eigenvalue weighted by Crippen LogP contribution is 2.60. The summed E-state index contributed by atoms with van der Waals surface area (Å²) in [6, 6.07) is 0. The first kappa shape index (κ1) is 9.71. The lowest BCUT2D eigenvalue weighted by Crippen LogP contribution is -2.50. The van der Waals surface area contributed by atoms with Gasteiger partial charge in [-0.25, -0.2) is 0 Å². The molecule has 2 heteroatoms. The quantitative estimate of drug-likeness (QED) is 0.607. The molecule has 0 saturated heterocycles. The van der Waals surface area contributed by atoms with Gasteiger partial charge >= 0.3 is 0 Å². The highest BCUT2D eigenvalue weighted by Gasteiger charge is 2.63. The predicted molar refractivity (Wildman–Crippen MR) is 65.4 cm³/mol. The van der Waals surface area contributed by atoms with Crippen molar-refractivity contribution in [1.29, 1.82) is 0 Å². The summed E-state index contributed by atoms with van der Waals surface area (Å²) in [6.07, 6.45) is 10.9. The van der Waals surface area contributed by atoms with Crippen molar-refractivity contribution in [2.75, 3.05) is 0 Å². The van der Waals surface area contributed by atoms with Gasteiger partial charge in [-0.15, -0.1) is 0 Å². The number of hydrogen-bond donors (Lipinski definition) is 0. The Hall–Kier alpha value is -1.18. The van der Waals surface area contributed by atoms with Crippen LogP contribution < -0.4 is 0 Å². The number of carbonyl (C=O) groups excluding carboxylic acids is 2. The largest absolute Gasteiger partial charge is 0.299 e. The van der Waals surface area contributed by atoms with Gasteiger partial charge in [0.25, 0.3) is 0 Å². The van der Waals surface area contributed by atoms with Gasteiger partial charge in [-0.05, 0) is 36.5 Å². The maximum absolute atomic E-state index is 12.8. The molecule has 0 N–H and O–H groups in total. The Kier molecular flexibility index (Phi) is 1.55. The van der Waals surface area contributed by atoms with Crippen LogP contribution in [0.3, 0.4) is 0 Å². The van der Waals surface area contributed by atoms with Crippen molar-refractivity contribution in [3.63, 3.8) is 0 Å². The van der Waals surface area contributed by atoms with Crippen molar-refractivity contribution >= 4 is 11.6 Å². The molecular formula is C16H16O2. The van der Waals surface area contributed by atoms with Crippen molar-refractivity contribution in [1.82, 2.24) is 0 Å². The zero-order chi connectivity index (χ0) is 12.0. The Balaban J connectivity index is 1.65. The molecule has 3 fully saturated rings. The van der Waals surface area contributed by atoms with E-state index in [9.17, 15) is 9.59 Å².